The summed E-state index contributed by atoms with van der Waals surface area (Å²) < 4.78 is 14.5. The number of hydrogen-bond acceptors (Lipinski definition) is 2. The number of anilines is 1. The highest BCUT2D eigenvalue weighted by Gasteiger charge is 2.54. The molecule has 0 unspecified atom stereocenters. The van der Waals surface area contributed by atoms with E-state index in [9.17, 15) is 14.3 Å². The molecule has 0 spiro atoms. The van der Waals surface area contributed by atoms with Gasteiger partial charge in [0, 0.05) is 11.3 Å². The van der Waals surface area contributed by atoms with Crippen LogP contribution < -0.4 is 5.32 Å². The number of carboxylic acids is 1. The van der Waals surface area contributed by atoms with Crippen molar-refractivity contribution in [3.05, 3.63) is 65.0 Å². The summed E-state index contributed by atoms with van der Waals surface area (Å²) in [6.07, 6.45) is 3.58. The molecule has 5 atom stereocenters. The third kappa shape index (κ3) is 2.13. The van der Waals surface area contributed by atoms with Crippen LogP contribution in [0.5, 0.6) is 0 Å². The average Bonchev–Trinajstić information content (AvgIpc) is 3.23. The fraction of sp³-hybridized carbons (Fsp3) is 0.381. The molecule has 0 saturated heterocycles. The second-order valence-electron chi connectivity index (χ2n) is 7.69. The molecule has 0 aromatic heterocycles. The molecule has 2 N–H and O–H groups in total. The summed E-state index contributed by atoms with van der Waals surface area (Å²) in [5, 5.41) is 12.9. The van der Waals surface area contributed by atoms with E-state index in [0.717, 1.165) is 16.8 Å². The summed E-state index contributed by atoms with van der Waals surface area (Å²) in [7, 11) is 0. The van der Waals surface area contributed by atoms with Gasteiger partial charge in [-0.1, -0.05) is 18.2 Å². The molecule has 5 rings (SSSR count). The van der Waals surface area contributed by atoms with Crippen molar-refractivity contribution >= 4 is 11.7 Å². The molecule has 3 nitrogen and oxygen atoms in total. The Morgan fingerprint density at radius 3 is 2.68 bits per heavy atom. The third-order valence-electron chi connectivity index (χ3n) is 6.57. The maximum atomic E-state index is 14.5. The summed E-state index contributed by atoms with van der Waals surface area (Å²) in [4.78, 5) is 11.4. The molecule has 128 valence electrons. The molecule has 1 aliphatic heterocycles. The molecule has 2 bridgehead atoms. The molecule has 2 saturated carbocycles. The Morgan fingerprint density at radius 2 is 1.88 bits per heavy atom. The van der Waals surface area contributed by atoms with Crippen LogP contribution in [0.25, 0.3) is 0 Å². The van der Waals surface area contributed by atoms with Crippen molar-refractivity contribution < 1.29 is 14.3 Å². The molecule has 2 aromatic carbocycles. The number of fused-ring (bicyclic) bond motifs is 7. The minimum absolute atomic E-state index is 0.0373. The Labute approximate surface area is 145 Å². The van der Waals surface area contributed by atoms with Crippen LogP contribution in [0, 0.1) is 23.6 Å². The van der Waals surface area contributed by atoms with Gasteiger partial charge in [-0.3, -0.25) is 0 Å². The van der Waals surface area contributed by atoms with Gasteiger partial charge in [-0.15, -0.1) is 0 Å². The highest BCUT2D eigenvalue weighted by molar-refractivity contribution is 5.88. The van der Waals surface area contributed by atoms with Crippen LogP contribution in [-0.4, -0.2) is 11.1 Å². The smallest absolute Gasteiger partial charge is 0.335 e. The number of aromatic carboxylic acids is 1. The standard InChI is InChI=1S/C21H20FNO2/c22-16-4-2-1-3-14(16)20-19-12-6-5-11(9-12)18(19)15-10-13(21(24)25)7-8-17(15)23-20/h1-4,7-8,10-12,18-20,23H,5-6,9H2,(H,24,25)/t11-,12-,18-,19+,20+/m0/s1. The van der Waals surface area contributed by atoms with E-state index >= 15 is 0 Å². The molecule has 0 radical (unpaired) electrons. The fourth-order valence-electron chi connectivity index (χ4n) is 5.66. The van der Waals surface area contributed by atoms with E-state index in [1.54, 1.807) is 12.1 Å². The average molecular weight is 337 g/mol. The van der Waals surface area contributed by atoms with Gasteiger partial charge in [0.15, 0.2) is 0 Å². The molecule has 25 heavy (non-hydrogen) atoms. The van der Waals surface area contributed by atoms with Crippen LogP contribution in [0.1, 0.15) is 52.7 Å². The Kier molecular flexibility index (Phi) is 3.18. The predicted molar refractivity (Wildman–Crippen MR) is 93.2 cm³/mol. The van der Waals surface area contributed by atoms with Gasteiger partial charge in [0.05, 0.1) is 11.6 Å². The molecule has 2 aliphatic carbocycles. The summed E-state index contributed by atoms with van der Waals surface area (Å²) >= 11 is 0. The van der Waals surface area contributed by atoms with E-state index in [1.807, 2.05) is 24.3 Å². The summed E-state index contributed by atoms with van der Waals surface area (Å²) in [6, 6.07) is 12.3. The van der Waals surface area contributed by atoms with E-state index in [0.29, 0.717) is 29.2 Å². The molecule has 4 heteroatoms. The Balaban J connectivity index is 1.65. The Hall–Kier alpha value is -2.36. The van der Waals surface area contributed by atoms with Gasteiger partial charge < -0.3 is 10.4 Å². The van der Waals surface area contributed by atoms with Crippen LogP contribution in [0.15, 0.2) is 42.5 Å². The number of rotatable bonds is 2. The van der Waals surface area contributed by atoms with E-state index < -0.39 is 5.97 Å². The maximum absolute atomic E-state index is 14.5. The molecule has 2 fully saturated rings. The van der Waals surface area contributed by atoms with Crippen molar-refractivity contribution in [3.63, 3.8) is 0 Å². The lowest BCUT2D eigenvalue weighted by molar-refractivity contribution is 0.0696. The highest BCUT2D eigenvalue weighted by atomic mass is 19.1. The fourth-order valence-corrected chi connectivity index (χ4v) is 5.66. The molecule has 3 aliphatic rings. The quantitative estimate of drug-likeness (QED) is 0.826. The second kappa shape index (κ2) is 5.32. The zero-order chi connectivity index (χ0) is 17.1. The van der Waals surface area contributed by atoms with Crippen LogP contribution >= 0.6 is 0 Å². The molecule has 1 heterocycles. The van der Waals surface area contributed by atoms with Crippen LogP contribution in [0.2, 0.25) is 0 Å². The van der Waals surface area contributed by atoms with E-state index in [-0.39, 0.29) is 11.9 Å². The van der Waals surface area contributed by atoms with Crippen LogP contribution in [0.3, 0.4) is 0 Å². The minimum Gasteiger partial charge on any atom is -0.478 e. The van der Waals surface area contributed by atoms with Crippen molar-refractivity contribution in [2.45, 2.75) is 31.2 Å². The third-order valence-corrected chi connectivity index (χ3v) is 6.57. The lowest BCUT2D eigenvalue weighted by Crippen LogP contribution is -2.36. The van der Waals surface area contributed by atoms with Crippen molar-refractivity contribution in [2.24, 2.45) is 17.8 Å². The summed E-state index contributed by atoms with van der Waals surface area (Å²) in [5.74, 6) is 0.805. The topological polar surface area (TPSA) is 49.3 Å². The van der Waals surface area contributed by atoms with Gasteiger partial charge in [-0.25, -0.2) is 9.18 Å². The first-order valence-electron chi connectivity index (χ1n) is 9.01. The van der Waals surface area contributed by atoms with Crippen molar-refractivity contribution in [3.8, 4) is 0 Å². The van der Waals surface area contributed by atoms with Gasteiger partial charge in [0.25, 0.3) is 0 Å². The van der Waals surface area contributed by atoms with E-state index in [1.165, 1.54) is 25.3 Å². The lowest BCUT2D eigenvalue weighted by atomic mass is 9.68. The van der Waals surface area contributed by atoms with Crippen molar-refractivity contribution in [1.29, 1.82) is 0 Å². The van der Waals surface area contributed by atoms with Crippen LogP contribution in [-0.2, 0) is 0 Å². The number of halogens is 1. The number of benzene rings is 2. The van der Waals surface area contributed by atoms with Crippen molar-refractivity contribution in [2.75, 3.05) is 5.32 Å². The number of carboxylic acid groups (broad SMARTS) is 1. The van der Waals surface area contributed by atoms with E-state index in [2.05, 4.69) is 5.32 Å². The molecule has 2 aromatic rings. The lowest BCUT2D eigenvalue weighted by Gasteiger charge is -2.43. The zero-order valence-corrected chi connectivity index (χ0v) is 13.8. The molecular formula is C21H20FNO2. The van der Waals surface area contributed by atoms with Gasteiger partial charge in [0.1, 0.15) is 5.82 Å². The monoisotopic (exact) mass is 337 g/mol. The highest BCUT2D eigenvalue weighted by Crippen LogP contribution is 2.63. The van der Waals surface area contributed by atoms with Gasteiger partial charge in [-0.05, 0) is 72.8 Å². The number of hydrogen-bond donors (Lipinski definition) is 2. The Bertz CT molecular complexity index is 865. The molecule has 0 amide bonds. The predicted octanol–water partition coefficient (Wildman–Crippen LogP) is 4.82. The first-order valence-corrected chi connectivity index (χ1v) is 9.01. The normalized spacial score (nSPS) is 32.0. The molecular weight excluding hydrogens is 317 g/mol. The number of carbonyl (C=O) groups is 1. The Morgan fingerprint density at radius 1 is 1.08 bits per heavy atom. The van der Waals surface area contributed by atoms with Gasteiger partial charge in [-0.2, -0.15) is 0 Å². The largest absolute Gasteiger partial charge is 0.478 e. The first-order chi connectivity index (χ1) is 12.1. The van der Waals surface area contributed by atoms with Crippen molar-refractivity contribution in [1.82, 2.24) is 0 Å². The van der Waals surface area contributed by atoms with Gasteiger partial charge in [0.2, 0.25) is 0 Å². The summed E-state index contributed by atoms with van der Waals surface area (Å²) in [5.41, 5.74) is 3.15. The van der Waals surface area contributed by atoms with Crippen LogP contribution in [0.4, 0.5) is 10.1 Å². The minimum atomic E-state index is -0.890. The SMILES string of the molecule is O=C(O)c1ccc2c(c1)[C@@H]1[C@H]3CC[C@@H](C3)[C@H]1[C@@H](c1ccccc1F)N2. The second-order valence-corrected chi connectivity index (χ2v) is 7.69. The summed E-state index contributed by atoms with van der Waals surface area (Å²) in [6.45, 7) is 0. The zero-order valence-electron chi connectivity index (χ0n) is 13.8. The van der Waals surface area contributed by atoms with E-state index in [4.69, 9.17) is 0 Å². The maximum Gasteiger partial charge on any atom is 0.335 e. The van der Waals surface area contributed by atoms with Gasteiger partial charge >= 0.3 is 5.97 Å². The number of nitrogens with one attached hydrogen (secondary N) is 1. The first kappa shape index (κ1) is 14.9.